The first-order valence-corrected chi connectivity index (χ1v) is 8.38. The van der Waals surface area contributed by atoms with Crippen LogP contribution in [0.4, 0.5) is 16.7 Å². The van der Waals surface area contributed by atoms with Crippen LogP contribution < -0.4 is 15.4 Å². The van der Waals surface area contributed by atoms with Crippen LogP contribution >= 0.6 is 11.5 Å². The number of nitrogens with one attached hydrogen (secondary N) is 2. The Morgan fingerprint density at radius 3 is 2.67 bits per heavy atom. The van der Waals surface area contributed by atoms with Crippen LogP contribution in [0.5, 0.6) is 5.88 Å². The first-order chi connectivity index (χ1) is 13.0. The molecule has 11 heteroatoms. The lowest BCUT2D eigenvalue weighted by Gasteiger charge is -2.07. The van der Waals surface area contributed by atoms with Gasteiger partial charge in [-0.15, -0.1) is 0 Å². The fraction of sp³-hybridized carbons (Fsp3) is 0.188. The van der Waals surface area contributed by atoms with Crippen LogP contribution in [0.1, 0.15) is 26.6 Å². The maximum absolute atomic E-state index is 12.7. The van der Waals surface area contributed by atoms with Gasteiger partial charge in [0.05, 0.1) is 43.6 Å². The van der Waals surface area contributed by atoms with Crippen molar-refractivity contribution in [1.82, 2.24) is 14.3 Å². The summed E-state index contributed by atoms with van der Waals surface area (Å²) in [5, 5.41) is 6.01. The highest BCUT2D eigenvalue weighted by Crippen LogP contribution is 2.29. The monoisotopic (exact) mass is 389 g/mol. The summed E-state index contributed by atoms with van der Waals surface area (Å²) in [5.41, 5.74) is 1.36. The van der Waals surface area contributed by atoms with E-state index in [0.29, 0.717) is 27.8 Å². The number of aryl methyl sites for hydroxylation is 1. The molecule has 0 aliphatic heterocycles. The van der Waals surface area contributed by atoms with E-state index in [1.807, 2.05) is 0 Å². The van der Waals surface area contributed by atoms with Crippen LogP contribution in [0.15, 0.2) is 28.9 Å². The van der Waals surface area contributed by atoms with Gasteiger partial charge in [0.25, 0.3) is 5.91 Å². The second-order valence-corrected chi connectivity index (χ2v) is 5.94. The van der Waals surface area contributed by atoms with Crippen LogP contribution in [-0.2, 0) is 4.74 Å². The molecule has 0 saturated carbocycles. The number of hydrogen-bond acceptors (Lipinski definition) is 10. The van der Waals surface area contributed by atoms with Crippen LogP contribution in [0.2, 0.25) is 0 Å². The Morgan fingerprint density at radius 1 is 1.19 bits per heavy atom. The van der Waals surface area contributed by atoms with Crippen molar-refractivity contribution >= 4 is 40.1 Å². The van der Waals surface area contributed by atoms with Crippen LogP contribution in [0.25, 0.3) is 0 Å². The SMILES string of the molecule is COC(=O)c1cnc(Nc2snc(C)c2C(=O)Nc2ccc(OC)nc2)o1. The quantitative estimate of drug-likeness (QED) is 0.611. The van der Waals surface area contributed by atoms with Crippen molar-refractivity contribution in [3.63, 3.8) is 0 Å². The van der Waals surface area contributed by atoms with Crippen molar-refractivity contribution < 1.29 is 23.5 Å². The Hall–Kier alpha value is -3.47. The molecule has 3 aromatic rings. The van der Waals surface area contributed by atoms with E-state index in [9.17, 15) is 9.59 Å². The van der Waals surface area contributed by atoms with E-state index in [-0.39, 0.29) is 17.7 Å². The average molecular weight is 389 g/mol. The fourth-order valence-corrected chi connectivity index (χ4v) is 2.90. The number of oxazole rings is 1. The molecule has 0 fully saturated rings. The van der Waals surface area contributed by atoms with Crippen LogP contribution in [-0.4, -0.2) is 40.4 Å². The molecule has 10 nitrogen and oxygen atoms in total. The molecule has 0 unspecified atom stereocenters. The zero-order valence-electron chi connectivity index (χ0n) is 14.6. The van der Waals surface area contributed by atoms with Crippen molar-refractivity contribution in [3.8, 4) is 5.88 Å². The van der Waals surface area contributed by atoms with Crippen LogP contribution in [0.3, 0.4) is 0 Å². The van der Waals surface area contributed by atoms with Gasteiger partial charge in [0, 0.05) is 6.07 Å². The van der Waals surface area contributed by atoms with Gasteiger partial charge in [0.2, 0.25) is 11.6 Å². The van der Waals surface area contributed by atoms with E-state index in [2.05, 4.69) is 29.7 Å². The molecule has 3 heterocycles. The maximum atomic E-state index is 12.7. The standard InChI is InChI=1S/C16H15N5O5S/c1-8-12(13(22)19-9-4-5-11(24-2)17-6-9)14(27-21-8)20-16-18-7-10(26-16)15(23)25-3/h4-7H,1-3H3,(H,18,20)(H,19,22). The van der Waals surface area contributed by atoms with Gasteiger partial charge < -0.3 is 19.2 Å². The number of anilines is 3. The number of esters is 1. The molecule has 0 bridgehead atoms. The first-order valence-electron chi connectivity index (χ1n) is 7.60. The van der Waals surface area contributed by atoms with E-state index >= 15 is 0 Å². The zero-order chi connectivity index (χ0) is 19.4. The fourth-order valence-electron chi connectivity index (χ4n) is 2.12. The summed E-state index contributed by atoms with van der Waals surface area (Å²) in [6.45, 7) is 1.71. The van der Waals surface area contributed by atoms with E-state index in [0.717, 1.165) is 11.5 Å². The Kier molecular flexibility index (Phi) is 5.31. The topological polar surface area (TPSA) is 128 Å². The van der Waals surface area contributed by atoms with Crippen molar-refractivity contribution in [2.45, 2.75) is 6.92 Å². The minimum absolute atomic E-state index is 0.0409. The number of rotatable bonds is 6. The van der Waals surface area contributed by atoms with Gasteiger partial charge in [0.1, 0.15) is 5.00 Å². The highest BCUT2D eigenvalue weighted by atomic mass is 32.1. The highest BCUT2D eigenvalue weighted by molar-refractivity contribution is 7.10. The Labute approximate surface area is 157 Å². The summed E-state index contributed by atoms with van der Waals surface area (Å²) in [6.07, 6.45) is 2.71. The average Bonchev–Trinajstić information content (AvgIpc) is 3.29. The third-order valence-corrected chi connectivity index (χ3v) is 4.26. The van der Waals surface area contributed by atoms with Crippen molar-refractivity contribution in [2.75, 3.05) is 24.9 Å². The number of ether oxygens (including phenoxy) is 2. The van der Waals surface area contributed by atoms with Crippen molar-refractivity contribution in [1.29, 1.82) is 0 Å². The molecule has 0 aliphatic rings. The summed E-state index contributed by atoms with van der Waals surface area (Å²) in [6, 6.07) is 3.34. The molecule has 2 N–H and O–H groups in total. The molecule has 0 atom stereocenters. The number of pyridine rings is 1. The third-order valence-electron chi connectivity index (χ3n) is 3.41. The van der Waals surface area contributed by atoms with Gasteiger partial charge in [-0.25, -0.2) is 14.8 Å². The smallest absolute Gasteiger partial charge is 0.375 e. The summed E-state index contributed by atoms with van der Waals surface area (Å²) in [7, 11) is 2.74. The van der Waals surface area contributed by atoms with Gasteiger partial charge in [-0.3, -0.25) is 10.1 Å². The highest BCUT2D eigenvalue weighted by Gasteiger charge is 2.21. The molecular weight excluding hydrogens is 374 g/mol. The number of hydrogen-bond donors (Lipinski definition) is 2. The van der Waals surface area contributed by atoms with E-state index in [1.54, 1.807) is 19.1 Å². The van der Waals surface area contributed by atoms with E-state index < -0.39 is 5.97 Å². The lowest BCUT2D eigenvalue weighted by Crippen LogP contribution is -2.14. The second-order valence-electron chi connectivity index (χ2n) is 5.16. The minimum atomic E-state index is -0.652. The van der Waals surface area contributed by atoms with Crippen molar-refractivity contribution in [3.05, 3.63) is 41.5 Å². The number of nitrogens with zero attached hydrogens (tertiary/aromatic N) is 3. The molecule has 3 aromatic heterocycles. The van der Waals surface area contributed by atoms with Gasteiger partial charge in [-0.1, -0.05) is 0 Å². The number of aromatic nitrogens is 3. The molecule has 1 amide bonds. The molecule has 0 radical (unpaired) electrons. The predicted molar refractivity (Wildman–Crippen MR) is 96.7 cm³/mol. The van der Waals surface area contributed by atoms with Gasteiger partial charge in [0.15, 0.2) is 0 Å². The molecule has 0 aliphatic carbocycles. The second kappa shape index (κ2) is 7.83. The molecule has 0 spiro atoms. The van der Waals surface area contributed by atoms with E-state index in [4.69, 9.17) is 9.15 Å². The van der Waals surface area contributed by atoms with E-state index in [1.165, 1.54) is 26.6 Å². The first kappa shape index (κ1) is 18.3. The largest absolute Gasteiger partial charge is 0.481 e. The summed E-state index contributed by atoms with van der Waals surface area (Å²) < 4.78 is 19.0. The summed E-state index contributed by atoms with van der Waals surface area (Å²) in [5.74, 6) is -0.651. The third kappa shape index (κ3) is 4.03. The molecule has 0 aromatic carbocycles. The number of carbonyl (C=O) groups excluding carboxylic acids is 2. The maximum Gasteiger partial charge on any atom is 0.375 e. The number of amides is 1. The normalized spacial score (nSPS) is 10.3. The molecular formula is C16H15N5O5S. The molecule has 140 valence electrons. The molecule has 27 heavy (non-hydrogen) atoms. The predicted octanol–water partition coefficient (Wildman–Crippen LogP) is 2.63. The minimum Gasteiger partial charge on any atom is -0.481 e. The van der Waals surface area contributed by atoms with Gasteiger partial charge in [-0.05, 0) is 24.5 Å². The lowest BCUT2D eigenvalue weighted by atomic mass is 10.2. The zero-order valence-corrected chi connectivity index (χ0v) is 15.4. The Morgan fingerprint density at radius 2 is 2.00 bits per heavy atom. The van der Waals surface area contributed by atoms with Gasteiger partial charge >= 0.3 is 12.0 Å². The van der Waals surface area contributed by atoms with Crippen molar-refractivity contribution in [2.24, 2.45) is 0 Å². The molecule has 0 saturated heterocycles. The summed E-state index contributed by atoms with van der Waals surface area (Å²) in [4.78, 5) is 32.1. The number of carbonyl (C=O) groups is 2. The van der Waals surface area contributed by atoms with Gasteiger partial charge in [-0.2, -0.15) is 4.37 Å². The molecule has 3 rings (SSSR count). The van der Waals surface area contributed by atoms with Crippen LogP contribution in [0, 0.1) is 6.92 Å². The lowest BCUT2D eigenvalue weighted by molar-refractivity contribution is 0.0566. The number of methoxy groups -OCH3 is 2. The Bertz CT molecular complexity index is 966. The summed E-state index contributed by atoms with van der Waals surface area (Å²) >= 11 is 1.07. The Balaban J connectivity index is 1.78.